The number of rotatable bonds is 4. The topological polar surface area (TPSA) is 70.2 Å². The molecule has 0 aliphatic heterocycles. The van der Waals surface area contributed by atoms with Crippen LogP contribution in [-0.4, -0.2) is 19.0 Å². The summed E-state index contributed by atoms with van der Waals surface area (Å²) in [6.45, 7) is 0. The molecule has 3 N–H and O–H groups in total. The predicted molar refractivity (Wildman–Crippen MR) is 95.5 cm³/mol. The summed E-state index contributed by atoms with van der Waals surface area (Å²) in [4.78, 5) is 23.7. The first-order valence-corrected chi connectivity index (χ1v) is 8.10. The number of hydrogen-bond donors (Lipinski definition) is 3. The van der Waals surface area contributed by atoms with Gasteiger partial charge in [0, 0.05) is 29.4 Å². The molecule has 0 heterocycles. The fourth-order valence-electron chi connectivity index (χ4n) is 2.67. The first kappa shape index (κ1) is 16.3. The highest BCUT2D eigenvalue weighted by Crippen LogP contribution is 2.48. The number of carbonyl (C=O) groups is 2. The van der Waals surface area contributed by atoms with Crippen LogP contribution in [0, 0.1) is 5.92 Å². The SMILES string of the molecule is CNC(=O)Nc1cccc(NC(=O)C2CC2c2ccc(Cl)cc2)c1. The Morgan fingerprint density at radius 1 is 1.04 bits per heavy atom. The van der Waals surface area contributed by atoms with Crippen LogP contribution in [-0.2, 0) is 4.79 Å². The number of amides is 3. The molecule has 3 rings (SSSR count). The number of benzene rings is 2. The highest BCUT2D eigenvalue weighted by molar-refractivity contribution is 6.30. The molecule has 0 aromatic heterocycles. The minimum Gasteiger partial charge on any atom is -0.341 e. The van der Waals surface area contributed by atoms with Gasteiger partial charge < -0.3 is 16.0 Å². The average molecular weight is 344 g/mol. The Morgan fingerprint density at radius 3 is 2.38 bits per heavy atom. The molecule has 1 aliphatic carbocycles. The summed E-state index contributed by atoms with van der Waals surface area (Å²) in [6, 6.07) is 14.4. The summed E-state index contributed by atoms with van der Waals surface area (Å²) < 4.78 is 0. The molecule has 2 aromatic carbocycles. The quantitative estimate of drug-likeness (QED) is 0.789. The van der Waals surface area contributed by atoms with Crippen LogP contribution in [0.3, 0.4) is 0 Å². The van der Waals surface area contributed by atoms with Crippen LogP contribution in [0.2, 0.25) is 5.02 Å². The molecule has 1 fully saturated rings. The highest BCUT2D eigenvalue weighted by atomic mass is 35.5. The normalized spacial score (nSPS) is 18.6. The fourth-order valence-corrected chi connectivity index (χ4v) is 2.79. The maximum Gasteiger partial charge on any atom is 0.318 e. The molecule has 1 saturated carbocycles. The molecule has 2 aromatic rings. The highest BCUT2D eigenvalue weighted by Gasteiger charge is 2.43. The second-order valence-corrected chi connectivity index (χ2v) is 6.21. The molecule has 24 heavy (non-hydrogen) atoms. The van der Waals surface area contributed by atoms with E-state index in [-0.39, 0.29) is 23.8 Å². The first-order valence-electron chi connectivity index (χ1n) is 7.72. The van der Waals surface area contributed by atoms with Gasteiger partial charge in [-0.25, -0.2) is 4.79 Å². The Hall–Kier alpha value is -2.53. The van der Waals surface area contributed by atoms with E-state index in [1.165, 1.54) is 0 Å². The lowest BCUT2D eigenvalue weighted by molar-refractivity contribution is -0.117. The van der Waals surface area contributed by atoms with E-state index in [2.05, 4.69) is 16.0 Å². The maximum absolute atomic E-state index is 12.4. The van der Waals surface area contributed by atoms with E-state index < -0.39 is 0 Å². The fraction of sp³-hybridized carbons (Fsp3) is 0.222. The van der Waals surface area contributed by atoms with Gasteiger partial charge in [0.15, 0.2) is 0 Å². The van der Waals surface area contributed by atoms with E-state index >= 15 is 0 Å². The van der Waals surface area contributed by atoms with Gasteiger partial charge in [-0.3, -0.25) is 4.79 Å². The van der Waals surface area contributed by atoms with Gasteiger partial charge in [-0.1, -0.05) is 29.8 Å². The van der Waals surface area contributed by atoms with Crippen LogP contribution in [0.1, 0.15) is 17.9 Å². The molecule has 0 spiro atoms. The summed E-state index contributed by atoms with van der Waals surface area (Å²) in [6.07, 6.45) is 0.837. The minimum absolute atomic E-state index is 0.00737. The Balaban J connectivity index is 1.61. The van der Waals surface area contributed by atoms with Crippen molar-refractivity contribution in [3.63, 3.8) is 0 Å². The van der Waals surface area contributed by atoms with E-state index in [4.69, 9.17) is 11.6 Å². The summed E-state index contributed by atoms with van der Waals surface area (Å²) in [5, 5.41) is 8.76. The van der Waals surface area contributed by atoms with Crippen molar-refractivity contribution in [2.45, 2.75) is 12.3 Å². The Morgan fingerprint density at radius 2 is 1.71 bits per heavy atom. The van der Waals surface area contributed by atoms with E-state index in [9.17, 15) is 9.59 Å². The van der Waals surface area contributed by atoms with Crippen molar-refractivity contribution in [1.29, 1.82) is 0 Å². The molecular weight excluding hydrogens is 326 g/mol. The standard InChI is InChI=1S/C18H18ClN3O2/c1-20-18(24)22-14-4-2-3-13(9-14)21-17(23)16-10-15(16)11-5-7-12(19)8-6-11/h2-9,15-16H,10H2,1H3,(H,21,23)(H2,20,22,24). The van der Waals surface area contributed by atoms with Crippen LogP contribution < -0.4 is 16.0 Å². The second-order valence-electron chi connectivity index (χ2n) is 5.77. The second kappa shape index (κ2) is 6.93. The lowest BCUT2D eigenvalue weighted by Crippen LogP contribution is -2.24. The van der Waals surface area contributed by atoms with E-state index in [0.717, 1.165) is 12.0 Å². The number of hydrogen-bond acceptors (Lipinski definition) is 2. The molecule has 1 aliphatic rings. The Bertz CT molecular complexity index is 761. The molecular formula is C18H18ClN3O2. The largest absolute Gasteiger partial charge is 0.341 e. The minimum atomic E-state index is -0.302. The molecule has 5 nitrogen and oxygen atoms in total. The number of carbonyl (C=O) groups excluding carboxylic acids is 2. The number of nitrogens with one attached hydrogen (secondary N) is 3. The summed E-state index contributed by atoms with van der Waals surface area (Å²) in [5.74, 6) is 0.211. The van der Waals surface area contributed by atoms with Crippen molar-refractivity contribution in [1.82, 2.24) is 5.32 Å². The zero-order valence-corrected chi connectivity index (χ0v) is 13.9. The number of urea groups is 1. The van der Waals surface area contributed by atoms with E-state index in [1.54, 1.807) is 31.3 Å². The third-order valence-corrected chi connectivity index (χ3v) is 4.29. The number of anilines is 2. The van der Waals surface area contributed by atoms with Gasteiger partial charge >= 0.3 is 6.03 Å². The first-order chi connectivity index (χ1) is 11.6. The van der Waals surface area contributed by atoms with Crippen molar-refractivity contribution in [3.05, 3.63) is 59.1 Å². The summed E-state index contributed by atoms with van der Waals surface area (Å²) >= 11 is 5.89. The van der Waals surface area contributed by atoms with E-state index in [0.29, 0.717) is 16.4 Å². The van der Waals surface area contributed by atoms with Gasteiger partial charge in [-0.15, -0.1) is 0 Å². The third kappa shape index (κ3) is 3.86. The van der Waals surface area contributed by atoms with Gasteiger partial charge in [0.05, 0.1) is 0 Å². The lowest BCUT2D eigenvalue weighted by atomic mass is 10.1. The smallest absolute Gasteiger partial charge is 0.318 e. The maximum atomic E-state index is 12.4. The zero-order valence-electron chi connectivity index (χ0n) is 13.2. The molecule has 3 amide bonds. The van der Waals surface area contributed by atoms with Crippen molar-refractivity contribution in [2.75, 3.05) is 17.7 Å². The van der Waals surface area contributed by atoms with Gasteiger partial charge in [0.1, 0.15) is 0 Å². The summed E-state index contributed by atoms with van der Waals surface area (Å²) in [5.41, 5.74) is 2.42. The van der Waals surface area contributed by atoms with Gasteiger partial charge in [-0.05, 0) is 48.2 Å². The van der Waals surface area contributed by atoms with Crippen LogP contribution >= 0.6 is 11.6 Å². The van der Waals surface area contributed by atoms with Crippen LogP contribution in [0.25, 0.3) is 0 Å². The van der Waals surface area contributed by atoms with Crippen LogP contribution in [0.4, 0.5) is 16.2 Å². The molecule has 0 saturated heterocycles. The predicted octanol–water partition coefficient (Wildman–Crippen LogP) is 3.83. The third-order valence-electron chi connectivity index (χ3n) is 4.04. The van der Waals surface area contributed by atoms with Gasteiger partial charge in [0.2, 0.25) is 5.91 Å². The zero-order chi connectivity index (χ0) is 17.1. The molecule has 0 bridgehead atoms. The molecule has 2 unspecified atom stereocenters. The van der Waals surface area contributed by atoms with Gasteiger partial charge in [-0.2, -0.15) is 0 Å². The van der Waals surface area contributed by atoms with Crippen LogP contribution in [0.5, 0.6) is 0 Å². The monoisotopic (exact) mass is 343 g/mol. The van der Waals surface area contributed by atoms with Gasteiger partial charge in [0.25, 0.3) is 0 Å². The number of halogens is 1. The van der Waals surface area contributed by atoms with Crippen molar-refractivity contribution < 1.29 is 9.59 Å². The van der Waals surface area contributed by atoms with Crippen LogP contribution in [0.15, 0.2) is 48.5 Å². The van der Waals surface area contributed by atoms with Crippen molar-refractivity contribution >= 4 is 34.9 Å². The Labute approximate surface area is 145 Å². The summed E-state index contributed by atoms with van der Waals surface area (Å²) in [7, 11) is 1.55. The molecule has 2 atom stereocenters. The molecule has 6 heteroatoms. The molecule has 124 valence electrons. The van der Waals surface area contributed by atoms with E-state index in [1.807, 2.05) is 24.3 Å². The van der Waals surface area contributed by atoms with Crippen molar-refractivity contribution in [3.8, 4) is 0 Å². The Kier molecular flexibility index (Phi) is 4.71. The molecule has 0 radical (unpaired) electrons. The lowest BCUT2D eigenvalue weighted by Gasteiger charge is -2.08. The van der Waals surface area contributed by atoms with Crippen molar-refractivity contribution in [2.24, 2.45) is 5.92 Å². The average Bonchev–Trinajstić information content (AvgIpc) is 3.36.